The summed E-state index contributed by atoms with van der Waals surface area (Å²) < 4.78 is 71.7. The van der Waals surface area contributed by atoms with Crippen molar-refractivity contribution in [2.75, 3.05) is 0 Å². The van der Waals surface area contributed by atoms with Gasteiger partial charge in [-0.05, 0) is 85.1 Å². The highest BCUT2D eigenvalue weighted by Crippen LogP contribution is 2.48. The monoisotopic (exact) mass is 466 g/mol. The Morgan fingerprint density at radius 2 is 1.58 bits per heavy atom. The first-order chi connectivity index (χ1) is 15.9. The largest absolute Gasteiger partial charge is 0.429 e. The van der Waals surface area contributed by atoms with Crippen LogP contribution < -0.4 is 4.74 Å². The van der Waals surface area contributed by atoms with E-state index in [1.807, 2.05) is 6.07 Å². The summed E-state index contributed by atoms with van der Waals surface area (Å²) in [7, 11) is 0. The van der Waals surface area contributed by atoms with E-state index in [0.717, 1.165) is 42.4 Å². The van der Waals surface area contributed by atoms with E-state index in [-0.39, 0.29) is 17.0 Å². The van der Waals surface area contributed by atoms with Gasteiger partial charge in [0, 0.05) is 5.56 Å². The van der Waals surface area contributed by atoms with Crippen LogP contribution in [0.1, 0.15) is 76.2 Å². The maximum atomic E-state index is 15.0. The number of rotatable bonds is 7. The van der Waals surface area contributed by atoms with Crippen molar-refractivity contribution >= 4 is 0 Å². The lowest BCUT2D eigenvalue weighted by molar-refractivity contribution is -0.0546. The van der Waals surface area contributed by atoms with Gasteiger partial charge in [-0.25, -0.2) is 13.2 Å². The number of ether oxygens (including phenoxy) is 1. The van der Waals surface area contributed by atoms with Gasteiger partial charge in [-0.2, -0.15) is 8.78 Å². The van der Waals surface area contributed by atoms with Crippen molar-refractivity contribution in [1.82, 2.24) is 0 Å². The highest BCUT2D eigenvalue weighted by Gasteiger charge is 2.36. The number of halogens is 5. The van der Waals surface area contributed by atoms with Crippen molar-refractivity contribution in [2.45, 2.75) is 77.2 Å². The molecule has 2 saturated carbocycles. The molecule has 4 unspecified atom stereocenters. The molecule has 2 aromatic carbocycles. The van der Waals surface area contributed by atoms with Gasteiger partial charge in [-0.1, -0.05) is 44.7 Å². The Labute approximate surface area is 192 Å². The fourth-order valence-electron chi connectivity index (χ4n) is 5.98. The van der Waals surface area contributed by atoms with E-state index in [1.165, 1.54) is 57.1 Å². The zero-order chi connectivity index (χ0) is 23.5. The van der Waals surface area contributed by atoms with Crippen molar-refractivity contribution < 1.29 is 26.7 Å². The number of hydrogen-bond acceptors (Lipinski definition) is 1. The quantitative estimate of drug-likeness (QED) is 0.370. The summed E-state index contributed by atoms with van der Waals surface area (Å²) in [6.07, 6.45) is 11.0. The molecule has 2 aromatic rings. The Morgan fingerprint density at radius 1 is 0.879 bits per heavy atom. The molecule has 0 aromatic heterocycles. The van der Waals surface area contributed by atoms with Crippen molar-refractivity contribution in [3.63, 3.8) is 0 Å². The molecule has 6 heteroatoms. The lowest BCUT2D eigenvalue weighted by atomic mass is 9.63. The first-order valence-corrected chi connectivity index (χ1v) is 12.1. The minimum atomic E-state index is -3.35. The molecule has 0 N–H and O–H groups in total. The first kappa shape index (κ1) is 24.0. The summed E-state index contributed by atoms with van der Waals surface area (Å²) in [5, 5.41) is 0. The molecule has 2 aliphatic carbocycles. The highest BCUT2D eigenvalue weighted by atomic mass is 19.3. The molecule has 33 heavy (non-hydrogen) atoms. The van der Waals surface area contributed by atoms with Gasteiger partial charge in [-0.15, -0.1) is 0 Å². The van der Waals surface area contributed by atoms with Crippen LogP contribution in [0.3, 0.4) is 0 Å². The van der Waals surface area contributed by atoms with E-state index in [0.29, 0.717) is 5.92 Å². The van der Waals surface area contributed by atoms with E-state index >= 15 is 0 Å². The Morgan fingerprint density at radius 3 is 2.24 bits per heavy atom. The molecule has 0 bridgehead atoms. The number of unbranched alkanes of at least 4 members (excludes halogenated alkanes) is 1. The number of fused-ring (bicyclic) bond motifs is 1. The van der Waals surface area contributed by atoms with E-state index in [9.17, 15) is 22.0 Å². The highest BCUT2D eigenvalue weighted by molar-refractivity contribution is 5.66. The van der Waals surface area contributed by atoms with Gasteiger partial charge >= 0.3 is 6.61 Å². The molecular weight excluding hydrogens is 435 g/mol. The van der Waals surface area contributed by atoms with Crippen molar-refractivity contribution in [3.8, 4) is 16.9 Å². The fourth-order valence-corrected chi connectivity index (χ4v) is 5.98. The maximum Gasteiger partial charge on any atom is 0.387 e. The molecule has 0 heterocycles. The first-order valence-electron chi connectivity index (χ1n) is 12.1. The second-order valence-electron chi connectivity index (χ2n) is 9.74. The van der Waals surface area contributed by atoms with Crippen LogP contribution >= 0.6 is 0 Å². The van der Waals surface area contributed by atoms with E-state index in [2.05, 4.69) is 11.7 Å². The van der Waals surface area contributed by atoms with Gasteiger partial charge < -0.3 is 4.74 Å². The molecule has 0 saturated heterocycles. The van der Waals surface area contributed by atoms with Gasteiger partial charge in [0.2, 0.25) is 0 Å². The molecule has 0 aliphatic heterocycles. The maximum absolute atomic E-state index is 15.0. The third kappa shape index (κ3) is 5.52. The molecule has 1 nitrogen and oxygen atoms in total. The average Bonchev–Trinajstić information content (AvgIpc) is 2.79. The van der Waals surface area contributed by atoms with Gasteiger partial charge in [0.05, 0.1) is 0 Å². The molecule has 4 atom stereocenters. The molecular formula is C27H31F5O. The number of hydrogen-bond donors (Lipinski definition) is 0. The Hall–Kier alpha value is -2.11. The lowest BCUT2D eigenvalue weighted by Crippen LogP contribution is -2.30. The number of alkyl halides is 2. The average molecular weight is 467 g/mol. The summed E-state index contributed by atoms with van der Waals surface area (Å²) in [5.41, 5.74) is 0.899. The van der Waals surface area contributed by atoms with Gasteiger partial charge in [0.1, 0.15) is 5.82 Å². The summed E-state index contributed by atoms with van der Waals surface area (Å²) in [5.74, 6) is -1.69. The molecule has 2 fully saturated rings. The fraction of sp³-hybridized carbons (Fsp3) is 0.556. The third-order valence-electron chi connectivity index (χ3n) is 7.67. The normalized spacial score (nSPS) is 25.2. The minimum absolute atomic E-state index is 0.0327. The van der Waals surface area contributed by atoms with Crippen LogP contribution in [0.15, 0.2) is 30.3 Å². The smallest absolute Gasteiger partial charge is 0.387 e. The van der Waals surface area contributed by atoms with Crippen molar-refractivity contribution in [1.29, 1.82) is 0 Å². The van der Waals surface area contributed by atoms with Crippen molar-refractivity contribution in [3.05, 3.63) is 53.3 Å². The zero-order valence-electron chi connectivity index (χ0n) is 18.9. The standard InChI is InChI=1S/C27H31F5O/c1-2-3-4-16-5-6-18-12-19(8-7-17(18)11-16)20-9-10-22(23(28)13-20)21-14-24(29)26(25(30)15-21)33-27(31)32/h9-10,13-19,27H,2-8,11-12H2,1H3. The topological polar surface area (TPSA) is 9.23 Å². The van der Waals surface area contributed by atoms with Crippen LogP contribution in [0.4, 0.5) is 22.0 Å². The lowest BCUT2D eigenvalue weighted by Gasteiger charge is -2.42. The molecule has 0 amide bonds. The molecule has 0 radical (unpaired) electrons. The predicted molar refractivity (Wildman–Crippen MR) is 119 cm³/mol. The zero-order valence-corrected chi connectivity index (χ0v) is 18.9. The Kier molecular flexibility index (Phi) is 7.60. The van der Waals surface area contributed by atoms with E-state index < -0.39 is 29.8 Å². The van der Waals surface area contributed by atoms with Crippen LogP contribution in [0.5, 0.6) is 5.75 Å². The van der Waals surface area contributed by atoms with E-state index in [4.69, 9.17) is 0 Å². The second kappa shape index (κ2) is 10.4. The molecule has 0 spiro atoms. The predicted octanol–water partition coefficient (Wildman–Crippen LogP) is 8.86. The van der Waals surface area contributed by atoms with Crippen LogP contribution in [0.2, 0.25) is 0 Å². The summed E-state index contributed by atoms with van der Waals surface area (Å²) in [6.45, 7) is -1.11. The van der Waals surface area contributed by atoms with E-state index in [1.54, 1.807) is 0 Å². The van der Waals surface area contributed by atoms with Crippen LogP contribution in [-0.2, 0) is 0 Å². The molecule has 2 aliphatic rings. The van der Waals surface area contributed by atoms with Crippen LogP contribution in [0.25, 0.3) is 11.1 Å². The van der Waals surface area contributed by atoms with Gasteiger partial charge in [-0.3, -0.25) is 0 Å². The Bertz CT molecular complexity index is 937. The second-order valence-corrected chi connectivity index (χ2v) is 9.74. The number of benzene rings is 2. The molecule has 180 valence electrons. The summed E-state index contributed by atoms with van der Waals surface area (Å²) >= 11 is 0. The van der Waals surface area contributed by atoms with Crippen LogP contribution in [-0.4, -0.2) is 6.61 Å². The van der Waals surface area contributed by atoms with Crippen molar-refractivity contribution in [2.24, 2.45) is 17.8 Å². The van der Waals surface area contributed by atoms with Gasteiger partial charge in [0.15, 0.2) is 17.4 Å². The SMILES string of the molecule is CCCCC1CCC2CC(c3ccc(-c4cc(F)c(OC(F)F)c(F)c4)c(F)c3)CCC2C1. The van der Waals surface area contributed by atoms with Crippen LogP contribution in [0, 0.1) is 35.2 Å². The minimum Gasteiger partial charge on any atom is -0.429 e. The third-order valence-corrected chi connectivity index (χ3v) is 7.67. The van der Waals surface area contributed by atoms with Gasteiger partial charge in [0.25, 0.3) is 0 Å². The summed E-state index contributed by atoms with van der Waals surface area (Å²) in [6, 6.07) is 6.46. The summed E-state index contributed by atoms with van der Waals surface area (Å²) in [4.78, 5) is 0. The Balaban J connectivity index is 1.46. The molecule has 4 rings (SSSR count).